The first-order chi connectivity index (χ1) is 19.9. The molecule has 7 rings (SSSR count). The molecule has 7 heteroatoms. The molecule has 0 saturated carbocycles. The second kappa shape index (κ2) is 10.4. The van der Waals surface area contributed by atoms with E-state index in [1.54, 1.807) is 0 Å². The van der Waals surface area contributed by atoms with Gasteiger partial charge in [0.1, 0.15) is 28.4 Å². The minimum absolute atomic E-state index is 0.000928. The van der Waals surface area contributed by atoms with Gasteiger partial charge in [-0.15, -0.1) is 0 Å². The number of phenols is 1. The van der Waals surface area contributed by atoms with Gasteiger partial charge in [0.05, 0.1) is 11.0 Å². The van der Waals surface area contributed by atoms with Crippen LogP contribution in [0.3, 0.4) is 0 Å². The van der Waals surface area contributed by atoms with Crippen molar-refractivity contribution in [2.75, 3.05) is 20.1 Å². The third-order valence-corrected chi connectivity index (χ3v) is 9.09. The van der Waals surface area contributed by atoms with Gasteiger partial charge >= 0.3 is 0 Å². The van der Waals surface area contributed by atoms with E-state index in [0.717, 1.165) is 46.4 Å². The van der Waals surface area contributed by atoms with E-state index in [9.17, 15) is 9.50 Å². The fourth-order valence-electron chi connectivity index (χ4n) is 6.31. The molecule has 4 aromatic carbocycles. The molecule has 1 saturated heterocycles. The summed E-state index contributed by atoms with van der Waals surface area (Å²) in [6.07, 6.45) is 2.40. The molecule has 0 unspecified atom stereocenters. The normalized spacial score (nSPS) is 16.8. The molecule has 5 aromatic rings. The van der Waals surface area contributed by atoms with Crippen molar-refractivity contribution in [3.05, 3.63) is 119 Å². The SMILES string of the molecule is CN1CCC(c2ccc(-c3ccc4c(c3)C(=S)N([C@@H](c3nc5ccccc5[nH]3)c3cc(F)ccc3O)C4)cc2)CC1. The molecule has 3 heterocycles. The fraction of sp³-hybridized carbons (Fsp3) is 0.235. The van der Waals surface area contributed by atoms with Crippen LogP contribution in [-0.4, -0.2) is 50.0 Å². The summed E-state index contributed by atoms with van der Waals surface area (Å²) in [6, 6.07) is 26.6. The molecule has 206 valence electrons. The third kappa shape index (κ3) is 4.79. The summed E-state index contributed by atoms with van der Waals surface area (Å²) in [5, 5.41) is 10.8. The highest BCUT2D eigenvalue weighted by molar-refractivity contribution is 7.80. The van der Waals surface area contributed by atoms with E-state index in [-0.39, 0.29) is 5.75 Å². The summed E-state index contributed by atoms with van der Waals surface area (Å²) in [5.41, 5.74) is 7.85. The van der Waals surface area contributed by atoms with Crippen LogP contribution in [0.1, 0.15) is 52.9 Å². The topological polar surface area (TPSA) is 55.4 Å². The number of para-hydroxylation sites is 2. The Hall–Kier alpha value is -4.07. The van der Waals surface area contributed by atoms with Crippen LogP contribution in [0.2, 0.25) is 0 Å². The van der Waals surface area contributed by atoms with Gasteiger partial charge in [-0.25, -0.2) is 9.37 Å². The van der Waals surface area contributed by atoms with Crippen LogP contribution in [0.5, 0.6) is 5.75 Å². The van der Waals surface area contributed by atoms with Crippen molar-refractivity contribution in [2.45, 2.75) is 31.3 Å². The number of halogens is 1. The summed E-state index contributed by atoms with van der Waals surface area (Å²) in [5.74, 6) is 0.802. The number of fused-ring (bicyclic) bond motifs is 2. The second-order valence-corrected chi connectivity index (χ2v) is 11.6. The third-order valence-electron chi connectivity index (χ3n) is 8.64. The van der Waals surface area contributed by atoms with Crippen molar-refractivity contribution in [3.63, 3.8) is 0 Å². The van der Waals surface area contributed by atoms with Crippen molar-refractivity contribution in [3.8, 4) is 16.9 Å². The molecule has 0 aliphatic carbocycles. The highest BCUT2D eigenvalue weighted by Gasteiger charge is 2.35. The van der Waals surface area contributed by atoms with Crippen LogP contribution in [0, 0.1) is 5.82 Å². The van der Waals surface area contributed by atoms with Gasteiger partial charge in [-0.3, -0.25) is 0 Å². The molecule has 2 aliphatic rings. The van der Waals surface area contributed by atoms with E-state index in [1.807, 2.05) is 29.2 Å². The van der Waals surface area contributed by atoms with Crippen molar-refractivity contribution >= 4 is 28.2 Å². The Labute approximate surface area is 244 Å². The van der Waals surface area contributed by atoms with Crippen LogP contribution in [0.15, 0.2) is 84.9 Å². The lowest BCUT2D eigenvalue weighted by atomic mass is 9.88. The Morgan fingerprint density at radius 2 is 1.71 bits per heavy atom. The average Bonchev–Trinajstić information content (AvgIpc) is 3.56. The van der Waals surface area contributed by atoms with Crippen LogP contribution >= 0.6 is 12.2 Å². The molecular weight excluding hydrogens is 531 g/mol. The highest BCUT2D eigenvalue weighted by atomic mass is 32.1. The van der Waals surface area contributed by atoms with Gasteiger partial charge in [-0.2, -0.15) is 0 Å². The Balaban J connectivity index is 1.22. The number of thiocarbonyl (C=S) groups is 1. The Kier molecular flexibility index (Phi) is 6.56. The molecule has 0 bridgehead atoms. The van der Waals surface area contributed by atoms with Gasteiger partial charge in [0.2, 0.25) is 0 Å². The predicted molar refractivity (Wildman–Crippen MR) is 165 cm³/mol. The smallest absolute Gasteiger partial charge is 0.134 e. The van der Waals surface area contributed by atoms with E-state index >= 15 is 0 Å². The number of aromatic hydroxyl groups is 1. The van der Waals surface area contributed by atoms with Crippen LogP contribution in [-0.2, 0) is 6.54 Å². The zero-order chi connectivity index (χ0) is 28.1. The maximum atomic E-state index is 14.5. The first-order valence-corrected chi connectivity index (χ1v) is 14.5. The summed E-state index contributed by atoms with van der Waals surface area (Å²) >= 11 is 6.06. The number of rotatable bonds is 5. The summed E-state index contributed by atoms with van der Waals surface area (Å²) in [4.78, 5) is 13.3. The minimum Gasteiger partial charge on any atom is -0.508 e. The van der Waals surface area contributed by atoms with Gasteiger partial charge in [0.15, 0.2) is 0 Å². The molecule has 0 amide bonds. The van der Waals surface area contributed by atoms with Gasteiger partial charge < -0.3 is 19.9 Å². The van der Waals surface area contributed by atoms with Crippen LogP contribution < -0.4 is 0 Å². The van der Waals surface area contributed by atoms with Crippen molar-refractivity contribution in [1.82, 2.24) is 19.8 Å². The van der Waals surface area contributed by atoms with Crippen LogP contribution in [0.25, 0.3) is 22.2 Å². The van der Waals surface area contributed by atoms with Crippen molar-refractivity contribution in [2.24, 2.45) is 0 Å². The number of H-pyrrole nitrogens is 1. The zero-order valence-corrected chi connectivity index (χ0v) is 23.7. The number of phenolic OH excluding ortho intramolecular Hbond substituents is 1. The molecule has 5 nitrogen and oxygen atoms in total. The van der Waals surface area contributed by atoms with Crippen molar-refractivity contribution in [1.29, 1.82) is 0 Å². The summed E-state index contributed by atoms with van der Waals surface area (Å²) in [7, 11) is 2.19. The van der Waals surface area contributed by atoms with E-state index in [2.05, 4.69) is 59.4 Å². The van der Waals surface area contributed by atoms with Gasteiger partial charge in [0.25, 0.3) is 0 Å². The number of nitrogens with one attached hydrogen (secondary N) is 1. The monoisotopic (exact) mass is 562 g/mol. The largest absolute Gasteiger partial charge is 0.508 e. The highest BCUT2D eigenvalue weighted by Crippen LogP contribution is 2.40. The lowest BCUT2D eigenvalue weighted by molar-refractivity contribution is 0.255. The number of likely N-dealkylation sites (tertiary alicyclic amines) is 1. The molecule has 41 heavy (non-hydrogen) atoms. The lowest BCUT2D eigenvalue weighted by Crippen LogP contribution is -2.30. The molecule has 1 atom stereocenters. The summed E-state index contributed by atoms with van der Waals surface area (Å²) in [6.45, 7) is 2.82. The number of piperidine rings is 1. The minimum atomic E-state index is -0.588. The van der Waals surface area contributed by atoms with Crippen molar-refractivity contribution < 1.29 is 9.50 Å². The Bertz CT molecular complexity index is 1720. The zero-order valence-electron chi connectivity index (χ0n) is 22.8. The number of imidazole rings is 1. The number of aromatic amines is 1. The molecule has 2 N–H and O–H groups in total. The van der Waals surface area contributed by atoms with Gasteiger partial charge in [0, 0.05) is 17.7 Å². The second-order valence-electron chi connectivity index (χ2n) is 11.2. The quantitative estimate of drug-likeness (QED) is 0.223. The molecular formula is C34H31FN4OS. The standard InChI is InChI=1S/C34H31FN4OS/c1-38-16-14-23(15-17-38)21-6-8-22(9-7-21)24-10-11-25-20-39(34(41)27(25)18-24)32(28-19-26(35)12-13-31(28)40)33-36-29-4-2-3-5-30(29)37-33/h2-13,18-19,23,32,40H,14-17,20H2,1H3,(H,36,37)/t32-/m1/s1. The van der Waals surface area contributed by atoms with Gasteiger partial charge in [-0.05, 0) is 97.5 Å². The molecule has 1 fully saturated rings. The maximum absolute atomic E-state index is 14.5. The molecule has 2 aliphatic heterocycles. The van der Waals surface area contributed by atoms with E-state index in [1.165, 1.54) is 36.6 Å². The molecule has 1 aromatic heterocycles. The van der Waals surface area contributed by atoms with Gasteiger partial charge in [-0.1, -0.05) is 60.7 Å². The fourth-order valence-corrected chi connectivity index (χ4v) is 6.67. The molecule has 0 spiro atoms. The average molecular weight is 563 g/mol. The first kappa shape index (κ1) is 25.9. The number of nitrogens with zero attached hydrogens (tertiary/aromatic N) is 3. The predicted octanol–water partition coefficient (Wildman–Crippen LogP) is 7.16. The van der Waals surface area contributed by atoms with Crippen LogP contribution in [0.4, 0.5) is 4.39 Å². The lowest BCUT2D eigenvalue weighted by Gasteiger charge is -2.29. The first-order valence-electron chi connectivity index (χ1n) is 14.1. The van der Waals surface area contributed by atoms with E-state index in [4.69, 9.17) is 17.2 Å². The molecule has 0 radical (unpaired) electrons. The summed E-state index contributed by atoms with van der Waals surface area (Å²) < 4.78 is 14.5. The maximum Gasteiger partial charge on any atom is 0.134 e. The Morgan fingerprint density at radius 1 is 0.951 bits per heavy atom. The number of aromatic nitrogens is 2. The Morgan fingerprint density at radius 3 is 2.49 bits per heavy atom. The number of hydrogen-bond donors (Lipinski definition) is 2. The van der Waals surface area contributed by atoms with E-state index < -0.39 is 11.9 Å². The van der Waals surface area contributed by atoms with E-state index in [0.29, 0.717) is 28.8 Å². The number of hydrogen-bond acceptors (Lipinski definition) is 4. The number of benzene rings is 4.